The van der Waals surface area contributed by atoms with Gasteiger partial charge in [-0.2, -0.15) is 4.68 Å². The Balaban J connectivity index is 1.84. The molecule has 0 aliphatic rings. The van der Waals surface area contributed by atoms with E-state index in [2.05, 4.69) is 15.0 Å². The van der Waals surface area contributed by atoms with Gasteiger partial charge in [-0.05, 0) is 37.4 Å². The van der Waals surface area contributed by atoms with Crippen molar-refractivity contribution in [2.45, 2.75) is 11.6 Å². The quantitative estimate of drug-likeness (QED) is 0.629. The van der Waals surface area contributed by atoms with Crippen molar-refractivity contribution in [3.8, 4) is 0 Å². The molecule has 0 amide bonds. The SMILES string of the molecule is CNS(=O)(=O)c1cc(C(=O)OCn2nnc3ccccc3c2=O)ccc1Cl. The maximum absolute atomic E-state index is 12.3. The van der Waals surface area contributed by atoms with Gasteiger partial charge in [-0.15, -0.1) is 5.10 Å². The van der Waals surface area contributed by atoms with Gasteiger partial charge in [-0.25, -0.2) is 17.9 Å². The highest BCUT2D eigenvalue weighted by Crippen LogP contribution is 2.22. The summed E-state index contributed by atoms with van der Waals surface area (Å²) >= 11 is 5.88. The predicted molar refractivity (Wildman–Crippen MR) is 96.9 cm³/mol. The van der Waals surface area contributed by atoms with E-state index in [1.54, 1.807) is 24.3 Å². The molecule has 0 radical (unpaired) electrons. The molecule has 9 nitrogen and oxygen atoms in total. The number of ether oxygens (including phenoxy) is 1. The minimum atomic E-state index is -3.85. The molecular formula is C16H13ClN4O5S. The largest absolute Gasteiger partial charge is 0.439 e. The lowest BCUT2D eigenvalue weighted by Crippen LogP contribution is -2.26. The molecule has 1 N–H and O–H groups in total. The lowest BCUT2D eigenvalue weighted by atomic mass is 10.2. The molecule has 0 aliphatic heterocycles. The number of benzene rings is 2. The molecule has 0 atom stereocenters. The number of esters is 1. The minimum Gasteiger partial charge on any atom is -0.439 e. The Bertz CT molecular complexity index is 1190. The van der Waals surface area contributed by atoms with Crippen LogP contribution in [0, 0.1) is 0 Å². The molecule has 1 heterocycles. The van der Waals surface area contributed by atoms with Crippen LogP contribution >= 0.6 is 11.6 Å². The number of rotatable bonds is 5. The number of hydrogen-bond acceptors (Lipinski definition) is 7. The van der Waals surface area contributed by atoms with Crippen molar-refractivity contribution in [1.82, 2.24) is 19.7 Å². The van der Waals surface area contributed by atoms with Crippen molar-refractivity contribution in [2.24, 2.45) is 0 Å². The number of hydrogen-bond donors (Lipinski definition) is 1. The van der Waals surface area contributed by atoms with Gasteiger partial charge in [0, 0.05) is 0 Å². The average Bonchev–Trinajstić information content (AvgIpc) is 2.67. The number of nitrogens with one attached hydrogen (secondary N) is 1. The van der Waals surface area contributed by atoms with E-state index < -0.39 is 28.3 Å². The van der Waals surface area contributed by atoms with Crippen LogP contribution in [0.25, 0.3) is 10.9 Å². The molecule has 0 spiro atoms. The molecule has 0 saturated heterocycles. The summed E-state index contributed by atoms with van der Waals surface area (Å²) in [5, 5.41) is 7.87. The van der Waals surface area contributed by atoms with E-state index >= 15 is 0 Å². The molecule has 0 saturated carbocycles. The van der Waals surface area contributed by atoms with E-state index in [0.717, 1.165) is 10.7 Å². The summed E-state index contributed by atoms with van der Waals surface area (Å²) in [4.78, 5) is 24.3. The first kappa shape index (κ1) is 19.0. The van der Waals surface area contributed by atoms with Crippen LogP contribution in [0.3, 0.4) is 0 Å². The molecule has 3 aromatic rings. The van der Waals surface area contributed by atoms with Crippen molar-refractivity contribution < 1.29 is 17.9 Å². The molecule has 140 valence electrons. The van der Waals surface area contributed by atoms with Crippen LogP contribution in [0.4, 0.5) is 0 Å². The zero-order chi connectivity index (χ0) is 19.6. The number of sulfonamides is 1. The topological polar surface area (TPSA) is 120 Å². The first-order valence-corrected chi connectivity index (χ1v) is 9.42. The summed E-state index contributed by atoms with van der Waals surface area (Å²) in [5.74, 6) is -0.846. The first-order chi connectivity index (χ1) is 12.8. The zero-order valence-electron chi connectivity index (χ0n) is 13.9. The van der Waals surface area contributed by atoms with Crippen LogP contribution in [-0.4, -0.2) is 36.4 Å². The molecular weight excluding hydrogens is 396 g/mol. The second-order valence-electron chi connectivity index (χ2n) is 5.32. The van der Waals surface area contributed by atoms with Crippen LogP contribution in [-0.2, 0) is 21.5 Å². The maximum atomic E-state index is 12.3. The van der Waals surface area contributed by atoms with Crippen LogP contribution in [0.15, 0.2) is 52.2 Å². The van der Waals surface area contributed by atoms with E-state index in [-0.39, 0.29) is 15.5 Å². The number of aromatic nitrogens is 3. The zero-order valence-corrected chi connectivity index (χ0v) is 15.5. The van der Waals surface area contributed by atoms with E-state index in [1.165, 1.54) is 19.2 Å². The normalized spacial score (nSPS) is 11.5. The Labute approximate surface area is 158 Å². The Morgan fingerprint density at radius 2 is 2.00 bits per heavy atom. The lowest BCUT2D eigenvalue weighted by molar-refractivity contribution is 0.0336. The number of halogens is 1. The van der Waals surface area contributed by atoms with Crippen molar-refractivity contribution in [3.63, 3.8) is 0 Å². The van der Waals surface area contributed by atoms with E-state index in [9.17, 15) is 18.0 Å². The van der Waals surface area contributed by atoms with Gasteiger partial charge in [0.15, 0.2) is 6.73 Å². The molecule has 27 heavy (non-hydrogen) atoms. The highest BCUT2D eigenvalue weighted by Gasteiger charge is 2.19. The molecule has 0 aliphatic carbocycles. The van der Waals surface area contributed by atoms with Crippen LogP contribution in [0.1, 0.15) is 10.4 Å². The molecule has 2 aromatic carbocycles. The predicted octanol–water partition coefficient (Wildman–Crippen LogP) is 1.17. The van der Waals surface area contributed by atoms with Gasteiger partial charge in [0.2, 0.25) is 10.0 Å². The second-order valence-corrected chi connectivity index (χ2v) is 7.59. The lowest BCUT2D eigenvalue weighted by Gasteiger charge is -2.09. The molecule has 0 unspecified atom stereocenters. The average molecular weight is 409 g/mol. The van der Waals surface area contributed by atoms with Crippen LogP contribution in [0.2, 0.25) is 5.02 Å². The van der Waals surface area contributed by atoms with Crippen LogP contribution in [0.5, 0.6) is 0 Å². The summed E-state index contributed by atoms with van der Waals surface area (Å²) in [5.41, 5.74) is -0.0947. The summed E-state index contributed by atoms with van der Waals surface area (Å²) in [6.07, 6.45) is 0. The minimum absolute atomic E-state index is 0.0440. The second kappa shape index (κ2) is 7.43. The monoisotopic (exact) mass is 408 g/mol. The third-order valence-corrected chi connectivity index (χ3v) is 5.57. The Kier molecular flexibility index (Phi) is 5.22. The summed E-state index contributed by atoms with van der Waals surface area (Å²) in [7, 11) is -2.63. The van der Waals surface area contributed by atoms with E-state index in [4.69, 9.17) is 16.3 Å². The Hall–Kier alpha value is -2.82. The van der Waals surface area contributed by atoms with Gasteiger partial charge >= 0.3 is 5.97 Å². The number of fused-ring (bicyclic) bond motifs is 1. The van der Waals surface area contributed by atoms with E-state index in [1.807, 2.05) is 0 Å². The van der Waals surface area contributed by atoms with Gasteiger partial charge in [-0.3, -0.25) is 4.79 Å². The van der Waals surface area contributed by atoms with E-state index in [0.29, 0.717) is 10.9 Å². The third kappa shape index (κ3) is 3.82. The molecule has 11 heteroatoms. The van der Waals surface area contributed by atoms with Crippen molar-refractivity contribution >= 4 is 38.5 Å². The van der Waals surface area contributed by atoms with Crippen molar-refractivity contribution in [3.05, 3.63) is 63.4 Å². The standard InChI is InChI=1S/C16H13ClN4O5S/c1-18-27(24,25)14-8-10(6-7-12(14)17)16(23)26-9-21-15(22)11-4-2-3-5-13(11)19-20-21/h2-8,18H,9H2,1H3. The summed E-state index contributed by atoms with van der Waals surface area (Å²) in [6.45, 7) is -0.480. The molecule has 0 bridgehead atoms. The highest BCUT2D eigenvalue weighted by molar-refractivity contribution is 7.89. The fourth-order valence-corrected chi connectivity index (χ4v) is 3.51. The number of carbonyl (C=O) groups is 1. The smallest absolute Gasteiger partial charge is 0.339 e. The van der Waals surface area contributed by atoms with Crippen molar-refractivity contribution in [1.29, 1.82) is 0 Å². The van der Waals surface area contributed by atoms with Crippen molar-refractivity contribution in [2.75, 3.05) is 7.05 Å². The summed E-state index contributed by atoms with van der Waals surface area (Å²) < 4.78 is 31.9. The fraction of sp³-hybridized carbons (Fsp3) is 0.125. The molecule has 3 rings (SSSR count). The van der Waals surface area contributed by atoms with Gasteiger partial charge < -0.3 is 4.74 Å². The number of carbonyl (C=O) groups excluding carboxylic acids is 1. The molecule has 0 fully saturated rings. The maximum Gasteiger partial charge on any atom is 0.339 e. The Morgan fingerprint density at radius 3 is 2.74 bits per heavy atom. The van der Waals surface area contributed by atoms with Crippen LogP contribution < -0.4 is 10.3 Å². The molecule has 1 aromatic heterocycles. The summed E-state index contributed by atoms with van der Waals surface area (Å²) in [6, 6.07) is 10.3. The highest BCUT2D eigenvalue weighted by atomic mass is 35.5. The Morgan fingerprint density at radius 1 is 1.26 bits per heavy atom. The first-order valence-electron chi connectivity index (χ1n) is 7.56. The van der Waals surface area contributed by atoms with Gasteiger partial charge in [0.05, 0.1) is 16.0 Å². The van der Waals surface area contributed by atoms with Gasteiger partial charge in [0.25, 0.3) is 5.56 Å². The van der Waals surface area contributed by atoms with Gasteiger partial charge in [0.1, 0.15) is 10.4 Å². The number of nitrogens with zero attached hydrogens (tertiary/aromatic N) is 3. The third-order valence-electron chi connectivity index (χ3n) is 3.67. The van der Waals surface area contributed by atoms with Gasteiger partial charge in [-0.1, -0.05) is 28.9 Å². The fourth-order valence-electron chi connectivity index (χ4n) is 2.26.